The van der Waals surface area contributed by atoms with Crippen molar-refractivity contribution in [3.8, 4) is 0 Å². The Labute approximate surface area is 178 Å². The summed E-state index contributed by atoms with van der Waals surface area (Å²) >= 11 is 5.23. The van der Waals surface area contributed by atoms with E-state index in [4.69, 9.17) is 12.2 Å². The second kappa shape index (κ2) is 9.45. The van der Waals surface area contributed by atoms with Crippen LogP contribution in [0.15, 0.2) is 54.6 Å². The standard InChI is InChI=1S/C21H21FN4O3S/c1-25-20(29)17(13-18(27)23-11-10-14-6-3-2-4-7-14)26(21(25)30)24-19(28)15-8-5-9-16(22)12-15/h2-9,12,17H,10-11,13H2,1H3,(H,23,27)(H,24,28)/t17-/m1/s1. The Morgan fingerprint density at radius 3 is 2.57 bits per heavy atom. The van der Waals surface area contributed by atoms with Gasteiger partial charge in [0, 0.05) is 19.2 Å². The second-order valence-corrected chi connectivity index (χ2v) is 7.17. The summed E-state index contributed by atoms with van der Waals surface area (Å²) in [6, 6.07) is 13.8. The van der Waals surface area contributed by atoms with Crippen molar-refractivity contribution in [3.05, 3.63) is 71.5 Å². The Balaban J connectivity index is 1.62. The first-order valence-corrected chi connectivity index (χ1v) is 9.75. The Kier molecular flexibility index (Phi) is 6.73. The molecule has 1 aliphatic rings. The van der Waals surface area contributed by atoms with Gasteiger partial charge in [0.2, 0.25) is 5.91 Å². The molecule has 1 heterocycles. The summed E-state index contributed by atoms with van der Waals surface area (Å²) in [7, 11) is 1.47. The normalized spacial score (nSPS) is 16.0. The van der Waals surface area contributed by atoms with Crippen LogP contribution in [0.5, 0.6) is 0 Å². The molecule has 2 N–H and O–H groups in total. The van der Waals surface area contributed by atoms with Gasteiger partial charge in [-0.05, 0) is 42.4 Å². The number of hydrogen-bond donors (Lipinski definition) is 2. The van der Waals surface area contributed by atoms with Gasteiger partial charge in [0.05, 0.1) is 6.42 Å². The van der Waals surface area contributed by atoms with E-state index in [2.05, 4.69) is 10.7 Å². The third-order valence-corrected chi connectivity index (χ3v) is 5.16. The van der Waals surface area contributed by atoms with Gasteiger partial charge in [-0.15, -0.1) is 0 Å². The molecule has 2 aromatic carbocycles. The highest BCUT2D eigenvalue weighted by Gasteiger charge is 2.42. The van der Waals surface area contributed by atoms with Crippen LogP contribution in [0.4, 0.5) is 4.39 Å². The molecule has 3 amide bonds. The van der Waals surface area contributed by atoms with Crippen molar-refractivity contribution in [2.45, 2.75) is 18.9 Å². The molecule has 0 aromatic heterocycles. The largest absolute Gasteiger partial charge is 0.356 e. The quantitative estimate of drug-likeness (QED) is 0.656. The van der Waals surface area contributed by atoms with Gasteiger partial charge in [0.15, 0.2) is 5.11 Å². The Morgan fingerprint density at radius 2 is 1.87 bits per heavy atom. The number of thiocarbonyl (C=S) groups is 1. The van der Waals surface area contributed by atoms with Crippen molar-refractivity contribution in [1.29, 1.82) is 0 Å². The number of hydrogen-bond acceptors (Lipinski definition) is 4. The third-order valence-electron chi connectivity index (χ3n) is 4.69. The first-order valence-electron chi connectivity index (χ1n) is 9.34. The van der Waals surface area contributed by atoms with Gasteiger partial charge in [0.25, 0.3) is 11.8 Å². The number of benzene rings is 2. The summed E-state index contributed by atoms with van der Waals surface area (Å²) in [5.74, 6) is -1.94. The van der Waals surface area contributed by atoms with E-state index in [1.165, 1.54) is 35.2 Å². The van der Waals surface area contributed by atoms with E-state index < -0.39 is 23.7 Å². The minimum absolute atomic E-state index is 0.0619. The maximum Gasteiger partial charge on any atom is 0.269 e. The molecular formula is C21H21FN4O3S. The molecule has 1 aliphatic heterocycles. The van der Waals surface area contributed by atoms with Crippen LogP contribution < -0.4 is 10.7 Å². The fraction of sp³-hybridized carbons (Fsp3) is 0.238. The Hall–Kier alpha value is -3.33. The van der Waals surface area contributed by atoms with Crippen LogP contribution in [-0.4, -0.2) is 52.4 Å². The molecule has 0 saturated carbocycles. The highest BCUT2D eigenvalue weighted by Crippen LogP contribution is 2.18. The minimum Gasteiger partial charge on any atom is -0.356 e. The zero-order valence-corrected chi connectivity index (χ0v) is 17.1. The monoisotopic (exact) mass is 428 g/mol. The molecular weight excluding hydrogens is 407 g/mol. The molecule has 30 heavy (non-hydrogen) atoms. The van der Waals surface area contributed by atoms with Crippen molar-refractivity contribution in [2.24, 2.45) is 0 Å². The van der Waals surface area contributed by atoms with Crippen molar-refractivity contribution in [2.75, 3.05) is 13.6 Å². The molecule has 7 nitrogen and oxygen atoms in total. The van der Waals surface area contributed by atoms with Crippen LogP contribution in [-0.2, 0) is 16.0 Å². The van der Waals surface area contributed by atoms with Gasteiger partial charge < -0.3 is 5.32 Å². The van der Waals surface area contributed by atoms with Crippen molar-refractivity contribution in [1.82, 2.24) is 20.7 Å². The number of amides is 3. The number of carbonyl (C=O) groups is 3. The van der Waals surface area contributed by atoms with Crippen LogP contribution in [0.2, 0.25) is 0 Å². The molecule has 0 radical (unpaired) electrons. The zero-order chi connectivity index (χ0) is 21.7. The lowest BCUT2D eigenvalue weighted by Gasteiger charge is -2.24. The molecule has 0 unspecified atom stereocenters. The molecule has 3 rings (SSSR count). The van der Waals surface area contributed by atoms with Crippen molar-refractivity contribution < 1.29 is 18.8 Å². The van der Waals surface area contributed by atoms with Gasteiger partial charge in [-0.2, -0.15) is 0 Å². The number of halogens is 1. The van der Waals surface area contributed by atoms with Gasteiger partial charge in [-0.1, -0.05) is 36.4 Å². The predicted octanol–water partition coefficient (Wildman–Crippen LogP) is 1.65. The van der Waals surface area contributed by atoms with E-state index in [9.17, 15) is 18.8 Å². The lowest BCUT2D eigenvalue weighted by Crippen LogP contribution is -2.50. The van der Waals surface area contributed by atoms with Crippen LogP contribution in [0, 0.1) is 5.82 Å². The third kappa shape index (κ3) is 4.98. The Morgan fingerprint density at radius 1 is 1.13 bits per heavy atom. The van der Waals surface area contributed by atoms with E-state index in [0.717, 1.165) is 11.6 Å². The summed E-state index contributed by atoms with van der Waals surface area (Å²) in [6.07, 6.45) is 0.477. The SMILES string of the molecule is CN1C(=O)[C@@H](CC(=O)NCCc2ccccc2)N(NC(=O)c2cccc(F)c2)C1=S. The number of likely N-dealkylation sites (N-methyl/N-ethyl adjacent to an activating group) is 1. The smallest absolute Gasteiger partial charge is 0.269 e. The minimum atomic E-state index is -0.975. The summed E-state index contributed by atoms with van der Waals surface area (Å²) in [5.41, 5.74) is 3.67. The van der Waals surface area contributed by atoms with Crippen molar-refractivity contribution >= 4 is 35.1 Å². The van der Waals surface area contributed by atoms with E-state index >= 15 is 0 Å². The van der Waals surface area contributed by atoms with E-state index in [-0.39, 0.29) is 23.0 Å². The van der Waals surface area contributed by atoms with Crippen LogP contribution >= 0.6 is 12.2 Å². The summed E-state index contributed by atoms with van der Waals surface area (Å²) in [6.45, 7) is 0.416. The summed E-state index contributed by atoms with van der Waals surface area (Å²) in [5, 5.41) is 4.02. The molecule has 1 saturated heterocycles. The number of hydrazine groups is 1. The van der Waals surface area contributed by atoms with Crippen LogP contribution in [0.3, 0.4) is 0 Å². The molecule has 2 aromatic rings. The Bertz CT molecular complexity index is 970. The average Bonchev–Trinajstić information content (AvgIpc) is 2.93. The molecule has 9 heteroatoms. The zero-order valence-electron chi connectivity index (χ0n) is 16.3. The van der Waals surface area contributed by atoms with Gasteiger partial charge >= 0.3 is 0 Å². The second-order valence-electron chi connectivity index (χ2n) is 6.81. The molecule has 1 fully saturated rings. The first kappa shape index (κ1) is 21.4. The van der Waals surface area contributed by atoms with Crippen LogP contribution in [0.25, 0.3) is 0 Å². The summed E-state index contributed by atoms with van der Waals surface area (Å²) in [4.78, 5) is 38.6. The molecule has 0 spiro atoms. The lowest BCUT2D eigenvalue weighted by atomic mass is 10.1. The van der Waals surface area contributed by atoms with Gasteiger partial charge in [-0.25, -0.2) is 9.40 Å². The van der Waals surface area contributed by atoms with Gasteiger partial charge in [-0.3, -0.25) is 24.7 Å². The fourth-order valence-electron chi connectivity index (χ4n) is 3.07. The van der Waals surface area contributed by atoms with E-state index in [1.807, 2.05) is 30.3 Å². The first-order chi connectivity index (χ1) is 14.4. The van der Waals surface area contributed by atoms with E-state index in [0.29, 0.717) is 13.0 Å². The molecule has 0 bridgehead atoms. The highest BCUT2D eigenvalue weighted by atomic mass is 32.1. The molecule has 156 valence electrons. The van der Waals surface area contributed by atoms with Crippen LogP contribution in [0.1, 0.15) is 22.3 Å². The average molecular weight is 428 g/mol. The maximum atomic E-state index is 13.4. The molecule has 0 aliphatic carbocycles. The highest BCUT2D eigenvalue weighted by molar-refractivity contribution is 7.80. The fourth-order valence-corrected chi connectivity index (χ4v) is 3.33. The number of nitrogens with one attached hydrogen (secondary N) is 2. The van der Waals surface area contributed by atoms with Gasteiger partial charge in [0.1, 0.15) is 11.9 Å². The number of rotatable bonds is 7. The van der Waals surface area contributed by atoms with Crippen molar-refractivity contribution in [3.63, 3.8) is 0 Å². The topological polar surface area (TPSA) is 81.8 Å². The molecule has 1 atom stereocenters. The number of carbonyl (C=O) groups excluding carboxylic acids is 3. The lowest BCUT2D eigenvalue weighted by molar-refractivity contribution is -0.131. The predicted molar refractivity (Wildman–Crippen MR) is 113 cm³/mol. The van der Waals surface area contributed by atoms with E-state index in [1.54, 1.807) is 0 Å². The summed E-state index contributed by atoms with van der Waals surface area (Å²) < 4.78 is 13.4. The number of nitrogens with zero attached hydrogens (tertiary/aromatic N) is 2. The maximum absolute atomic E-state index is 13.4.